The molecule has 2 N–H and O–H groups in total. The summed E-state index contributed by atoms with van der Waals surface area (Å²) in [5.74, 6) is -0.0990. The van der Waals surface area contributed by atoms with Gasteiger partial charge in [0.05, 0.1) is 14.2 Å². The molecule has 31 heavy (non-hydrogen) atoms. The number of hydrazine groups is 1. The Morgan fingerprint density at radius 1 is 0.903 bits per heavy atom. The van der Waals surface area contributed by atoms with Crippen molar-refractivity contribution in [1.82, 2.24) is 10.3 Å². The molecule has 4 rings (SSSR count). The highest BCUT2D eigenvalue weighted by Crippen LogP contribution is 2.45. The average Bonchev–Trinajstić information content (AvgIpc) is 3.11. The van der Waals surface area contributed by atoms with E-state index in [4.69, 9.17) is 9.47 Å². The van der Waals surface area contributed by atoms with Gasteiger partial charge in [-0.25, -0.2) is 8.42 Å². The van der Waals surface area contributed by atoms with Crippen LogP contribution in [0.25, 0.3) is 11.1 Å². The van der Waals surface area contributed by atoms with Crippen molar-refractivity contribution in [3.8, 4) is 22.6 Å². The molecule has 3 aromatic rings. The molecule has 0 aliphatic heterocycles. The van der Waals surface area contributed by atoms with Gasteiger partial charge in [0, 0.05) is 18.4 Å². The normalized spacial score (nSPS) is 12.7. The van der Waals surface area contributed by atoms with Crippen LogP contribution in [-0.2, 0) is 14.8 Å². The predicted octanol–water partition coefficient (Wildman–Crippen LogP) is 3.22. The van der Waals surface area contributed by atoms with Crippen molar-refractivity contribution in [3.05, 3.63) is 77.9 Å². The third kappa shape index (κ3) is 3.99. The number of fused-ring (bicyclic) bond motifs is 3. The molecule has 0 unspecified atom stereocenters. The Hall–Kier alpha value is -3.36. The van der Waals surface area contributed by atoms with Gasteiger partial charge in [-0.05, 0) is 34.4 Å². The molecule has 0 heterocycles. The van der Waals surface area contributed by atoms with Crippen LogP contribution in [0.5, 0.6) is 11.5 Å². The van der Waals surface area contributed by atoms with Crippen molar-refractivity contribution in [2.24, 2.45) is 0 Å². The molecule has 160 valence electrons. The maximum atomic E-state index is 12.8. The van der Waals surface area contributed by atoms with Gasteiger partial charge in [-0.2, -0.15) is 0 Å². The first kappa shape index (κ1) is 20.9. The van der Waals surface area contributed by atoms with Gasteiger partial charge in [-0.1, -0.05) is 48.5 Å². The average molecular weight is 439 g/mol. The Labute approximate surface area is 181 Å². The summed E-state index contributed by atoms with van der Waals surface area (Å²) in [6, 6.07) is 20.3. The summed E-state index contributed by atoms with van der Waals surface area (Å²) in [6.07, 6.45) is 0.103. The molecule has 3 aromatic carbocycles. The highest BCUT2D eigenvalue weighted by atomic mass is 32.2. The van der Waals surface area contributed by atoms with E-state index in [0.29, 0.717) is 5.75 Å². The number of benzene rings is 3. The topological polar surface area (TPSA) is 93.7 Å². The molecule has 8 heteroatoms. The fourth-order valence-corrected chi connectivity index (χ4v) is 4.93. The maximum Gasteiger partial charge on any atom is 0.261 e. The number of nitrogens with one attached hydrogen (secondary N) is 2. The lowest BCUT2D eigenvalue weighted by Crippen LogP contribution is -2.42. The van der Waals surface area contributed by atoms with Crippen LogP contribution in [0, 0.1) is 0 Å². The number of amides is 1. The molecule has 0 radical (unpaired) electrons. The summed E-state index contributed by atoms with van der Waals surface area (Å²) in [5.41, 5.74) is 6.62. The second-order valence-corrected chi connectivity index (χ2v) is 8.75. The Morgan fingerprint density at radius 2 is 1.52 bits per heavy atom. The number of sulfonamides is 1. The van der Waals surface area contributed by atoms with Gasteiger partial charge in [0.25, 0.3) is 10.0 Å². The van der Waals surface area contributed by atoms with Gasteiger partial charge in [0.2, 0.25) is 5.91 Å². The summed E-state index contributed by atoms with van der Waals surface area (Å²) in [6.45, 7) is 0. The van der Waals surface area contributed by atoms with Crippen molar-refractivity contribution in [2.75, 3.05) is 14.2 Å². The molecule has 0 fully saturated rings. The predicted molar refractivity (Wildman–Crippen MR) is 116 cm³/mol. The van der Waals surface area contributed by atoms with Crippen molar-refractivity contribution in [2.45, 2.75) is 17.2 Å². The third-order valence-corrected chi connectivity index (χ3v) is 6.61. The van der Waals surface area contributed by atoms with Crippen molar-refractivity contribution in [1.29, 1.82) is 0 Å². The molecular formula is C23H22N2O5S. The van der Waals surface area contributed by atoms with Crippen molar-refractivity contribution >= 4 is 15.9 Å². The maximum absolute atomic E-state index is 12.8. The van der Waals surface area contributed by atoms with Gasteiger partial charge in [0.1, 0.15) is 16.4 Å². The SMILES string of the molecule is COc1ccc(OC)c(S(=O)(=O)NNC(=O)CC2c3ccccc3-c3ccccc32)c1. The van der Waals surface area contributed by atoms with Crippen LogP contribution < -0.4 is 19.7 Å². The van der Waals surface area contributed by atoms with Crippen LogP contribution in [0.3, 0.4) is 0 Å². The van der Waals surface area contributed by atoms with E-state index in [1.54, 1.807) is 6.07 Å². The molecule has 1 amide bonds. The lowest BCUT2D eigenvalue weighted by Gasteiger charge is -2.15. The molecule has 0 atom stereocenters. The molecular weight excluding hydrogens is 416 g/mol. The molecule has 0 spiro atoms. The number of rotatable bonds is 7. The minimum atomic E-state index is -4.07. The smallest absolute Gasteiger partial charge is 0.261 e. The van der Waals surface area contributed by atoms with E-state index < -0.39 is 15.9 Å². The number of ether oxygens (including phenoxy) is 2. The summed E-state index contributed by atoms with van der Waals surface area (Å²) < 4.78 is 35.7. The van der Waals surface area contributed by atoms with E-state index in [-0.39, 0.29) is 23.0 Å². The largest absolute Gasteiger partial charge is 0.497 e. The zero-order chi connectivity index (χ0) is 22.0. The minimum absolute atomic E-state index is 0.103. The van der Waals surface area contributed by atoms with Crippen molar-refractivity contribution in [3.63, 3.8) is 0 Å². The van der Waals surface area contributed by atoms with E-state index in [1.165, 1.54) is 26.4 Å². The summed E-state index contributed by atoms with van der Waals surface area (Å²) in [4.78, 5) is 14.7. The van der Waals surface area contributed by atoms with E-state index in [1.807, 2.05) is 48.5 Å². The van der Waals surface area contributed by atoms with Gasteiger partial charge in [-0.3, -0.25) is 10.2 Å². The second kappa shape index (κ2) is 8.41. The van der Waals surface area contributed by atoms with Gasteiger partial charge >= 0.3 is 0 Å². The second-order valence-electron chi connectivity index (χ2n) is 7.10. The minimum Gasteiger partial charge on any atom is -0.497 e. The van der Waals surface area contributed by atoms with Crippen LogP contribution in [0.4, 0.5) is 0 Å². The molecule has 7 nitrogen and oxygen atoms in total. The molecule has 0 saturated heterocycles. The van der Waals surface area contributed by atoms with Crippen LogP contribution >= 0.6 is 0 Å². The number of carbonyl (C=O) groups excluding carboxylic acids is 1. The summed E-state index contributed by atoms with van der Waals surface area (Å²) in [7, 11) is -1.27. The lowest BCUT2D eigenvalue weighted by atomic mass is 9.93. The third-order valence-electron chi connectivity index (χ3n) is 5.34. The number of hydrogen-bond donors (Lipinski definition) is 2. The number of methoxy groups -OCH3 is 2. The summed E-state index contributed by atoms with van der Waals surface area (Å²) in [5, 5.41) is 0. The lowest BCUT2D eigenvalue weighted by molar-refractivity contribution is -0.121. The number of hydrogen-bond acceptors (Lipinski definition) is 5. The summed E-state index contributed by atoms with van der Waals surface area (Å²) >= 11 is 0. The first-order chi connectivity index (χ1) is 14.9. The van der Waals surface area contributed by atoms with Crippen LogP contribution in [0.2, 0.25) is 0 Å². The van der Waals surface area contributed by atoms with E-state index >= 15 is 0 Å². The zero-order valence-corrected chi connectivity index (χ0v) is 17.9. The zero-order valence-electron chi connectivity index (χ0n) is 17.1. The van der Waals surface area contributed by atoms with Gasteiger partial charge < -0.3 is 9.47 Å². The fraction of sp³-hybridized carbons (Fsp3) is 0.174. The van der Waals surface area contributed by atoms with Crippen molar-refractivity contribution < 1.29 is 22.7 Å². The first-order valence-electron chi connectivity index (χ1n) is 9.65. The van der Waals surface area contributed by atoms with E-state index in [9.17, 15) is 13.2 Å². The Balaban J connectivity index is 1.52. The van der Waals surface area contributed by atoms with E-state index in [0.717, 1.165) is 22.3 Å². The van der Waals surface area contributed by atoms with Crippen LogP contribution in [-0.4, -0.2) is 28.5 Å². The monoisotopic (exact) mass is 438 g/mol. The molecule has 0 saturated carbocycles. The van der Waals surface area contributed by atoms with Crippen LogP contribution in [0.15, 0.2) is 71.6 Å². The highest BCUT2D eigenvalue weighted by Gasteiger charge is 2.30. The Morgan fingerprint density at radius 3 is 2.10 bits per heavy atom. The first-order valence-corrected chi connectivity index (χ1v) is 11.1. The fourth-order valence-electron chi connectivity index (χ4n) is 3.89. The molecule has 0 aromatic heterocycles. The Bertz CT molecular complexity index is 1190. The number of carbonyl (C=O) groups is 1. The highest BCUT2D eigenvalue weighted by molar-refractivity contribution is 7.89. The quantitative estimate of drug-likeness (QED) is 0.553. The van der Waals surface area contributed by atoms with Gasteiger partial charge in [-0.15, -0.1) is 4.83 Å². The molecule has 0 bridgehead atoms. The van der Waals surface area contributed by atoms with Crippen LogP contribution in [0.1, 0.15) is 23.5 Å². The van der Waals surface area contributed by atoms with Gasteiger partial charge in [0.15, 0.2) is 0 Å². The standard InChI is InChI=1S/C23H22N2O5S/c1-29-15-11-12-21(30-2)22(13-15)31(27,28)25-24-23(26)14-20-18-9-5-3-7-16(18)17-8-4-6-10-19(17)20/h3-13,20,25H,14H2,1-2H3,(H,24,26). The molecule has 1 aliphatic rings. The van der Waals surface area contributed by atoms with E-state index in [2.05, 4.69) is 10.3 Å². The Kier molecular flexibility index (Phi) is 5.67. The molecule has 1 aliphatic carbocycles.